The molecule has 9 heteroatoms. The molecule has 2 N–H and O–H groups in total. The van der Waals surface area contributed by atoms with E-state index in [1.807, 2.05) is 6.92 Å². The van der Waals surface area contributed by atoms with Crippen molar-refractivity contribution in [3.63, 3.8) is 0 Å². The molecule has 3 aromatic rings. The molecule has 0 bridgehead atoms. The number of H-pyrrole nitrogens is 1. The molecule has 0 radical (unpaired) electrons. The number of likely N-dealkylation sites (tertiary alicyclic amines) is 1. The van der Waals surface area contributed by atoms with E-state index in [4.69, 9.17) is 4.42 Å². The van der Waals surface area contributed by atoms with E-state index in [9.17, 15) is 19.2 Å². The monoisotopic (exact) mass is 438 g/mol. The molecular formula is C23H26N4O5. The molecule has 4 rings (SSSR count). The fourth-order valence-electron chi connectivity index (χ4n) is 4.28. The number of aryl methyl sites for hydroxylation is 1. The Labute approximate surface area is 184 Å². The van der Waals surface area contributed by atoms with Crippen LogP contribution < -0.4 is 16.6 Å². The van der Waals surface area contributed by atoms with Crippen LogP contribution in [0.15, 0.2) is 44.3 Å². The zero-order chi connectivity index (χ0) is 23.0. The summed E-state index contributed by atoms with van der Waals surface area (Å²) >= 11 is 0. The quantitative estimate of drug-likeness (QED) is 0.647. The largest absolute Gasteiger partial charge is 0.444 e. The number of nitrogens with zero attached hydrogens (tertiary/aromatic N) is 2. The van der Waals surface area contributed by atoms with E-state index < -0.39 is 23.2 Å². The number of rotatable bonds is 4. The number of fused-ring (bicyclic) bond motifs is 1. The van der Waals surface area contributed by atoms with Gasteiger partial charge < -0.3 is 14.6 Å². The zero-order valence-electron chi connectivity index (χ0n) is 18.3. The standard InChI is InChI=1S/C23H26N4O5/c1-13-9-7-8-12-26(13)21(29)14(2)24-19(28)17-15(3)32-20-18(17)22(30)27(23(31)25-20)16-10-5-4-6-11-16/h4-6,10-11,13-14H,7-9,12H2,1-3H3,(H,24,28)(H,25,31). The smallest absolute Gasteiger partial charge is 0.335 e. The van der Waals surface area contributed by atoms with Crippen LogP contribution in [0, 0.1) is 6.92 Å². The molecule has 3 heterocycles. The number of aromatic amines is 1. The van der Waals surface area contributed by atoms with Crippen molar-refractivity contribution in [1.82, 2.24) is 19.8 Å². The summed E-state index contributed by atoms with van der Waals surface area (Å²) in [6.45, 7) is 5.83. The summed E-state index contributed by atoms with van der Waals surface area (Å²) in [5, 5.41) is 2.67. The summed E-state index contributed by atoms with van der Waals surface area (Å²) in [4.78, 5) is 56.1. The van der Waals surface area contributed by atoms with Crippen LogP contribution in [0.25, 0.3) is 16.8 Å². The molecule has 32 heavy (non-hydrogen) atoms. The normalized spacial score (nSPS) is 17.3. The maximum absolute atomic E-state index is 13.2. The zero-order valence-corrected chi connectivity index (χ0v) is 18.3. The Morgan fingerprint density at radius 2 is 1.91 bits per heavy atom. The van der Waals surface area contributed by atoms with Gasteiger partial charge in [-0.1, -0.05) is 18.2 Å². The Bertz CT molecular complexity index is 1290. The van der Waals surface area contributed by atoms with Gasteiger partial charge in [-0.2, -0.15) is 0 Å². The lowest BCUT2D eigenvalue weighted by Crippen LogP contribution is -2.51. The average Bonchev–Trinajstić information content (AvgIpc) is 3.10. The van der Waals surface area contributed by atoms with E-state index in [1.165, 1.54) is 0 Å². The molecule has 2 amide bonds. The summed E-state index contributed by atoms with van der Waals surface area (Å²) in [6, 6.07) is 7.76. The highest BCUT2D eigenvalue weighted by atomic mass is 16.3. The SMILES string of the molecule is Cc1oc2[nH]c(=O)n(-c3ccccc3)c(=O)c2c1C(=O)NC(C)C(=O)N1CCCCC1C. The third kappa shape index (κ3) is 3.74. The molecule has 2 aromatic heterocycles. The third-order valence-electron chi connectivity index (χ3n) is 5.97. The summed E-state index contributed by atoms with van der Waals surface area (Å²) in [6.07, 6.45) is 2.96. The first-order valence-electron chi connectivity index (χ1n) is 10.7. The van der Waals surface area contributed by atoms with E-state index >= 15 is 0 Å². The molecule has 2 unspecified atom stereocenters. The van der Waals surface area contributed by atoms with Crippen molar-refractivity contribution < 1.29 is 14.0 Å². The fourth-order valence-corrected chi connectivity index (χ4v) is 4.28. The minimum Gasteiger partial charge on any atom is -0.444 e. The van der Waals surface area contributed by atoms with Gasteiger partial charge in [0.2, 0.25) is 11.6 Å². The molecule has 2 atom stereocenters. The number of hydrogen-bond acceptors (Lipinski definition) is 5. The van der Waals surface area contributed by atoms with Crippen LogP contribution in [-0.4, -0.2) is 44.9 Å². The number of benzene rings is 1. The second-order valence-electron chi connectivity index (χ2n) is 8.22. The van der Waals surface area contributed by atoms with Crippen LogP contribution in [0.3, 0.4) is 0 Å². The predicted molar refractivity (Wildman–Crippen MR) is 119 cm³/mol. The number of aromatic nitrogens is 2. The summed E-state index contributed by atoms with van der Waals surface area (Å²) in [5.41, 5.74) is -1.03. The van der Waals surface area contributed by atoms with Gasteiger partial charge in [0.05, 0.1) is 11.3 Å². The maximum Gasteiger partial charge on any atom is 0.335 e. The van der Waals surface area contributed by atoms with Crippen LogP contribution in [0.1, 0.15) is 49.2 Å². The van der Waals surface area contributed by atoms with Crippen molar-refractivity contribution in [3.05, 3.63) is 62.5 Å². The molecule has 1 fully saturated rings. The Hall–Kier alpha value is -3.62. The van der Waals surface area contributed by atoms with Gasteiger partial charge in [0.1, 0.15) is 17.2 Å². The summed E-state index contributed by atoms with van der Waals surface area (Å²) in [7, 11) is 0. The number of carbonyl (C=O) groups excluding carboxylic acids is 2. The number of para-hydroxylation sites is 1. The third-order valence-corrected chi connectivity index (χ3v) is 5.97. The summed E-state index contributed by atoms with van der Waals surface area (Å²) in [5.74, 6) is -0.580. The Morgan fingerprint density at radius 1 is 1.19 bits per heavy atom. The molecular weight excluding hydrogens is 412 g/mol. The van der Waals surface area contributed by atoms with Crippen LogP contribution in [0.5, 0.6) is 0 Å². The topological polar surface area (TPSA) is 117 Å². The van der Waals surface area contributed by atoms with Crippen LogP contribution >= 0.6 is 0 Å². The number of piperidine rings is 1. The van der Waals surface area contributed by atoms with Crippen molar-refractivity contribution in [2.24, 2.45) is 0 Å². The van der Waals surface area contributed by atoms with Gasteiger partial charge >= 0.3 is 5.69 Å². The first-order valence-corrected chi connectivity index (χ1v) is 10.7. The molecule has 0 spiro atoms. The highest BCUT2D eigenvalue weighted by Gasteiger charge is 2.30. The lowest BCUT2D eigenvalue weighted by Gasteiger charge is -2.35. The first-order chi connectivity index (χ1) is 15.3. The molecule has 1 aliphatic heterocycles. The van der Waals surface area contributed by atoms with Gasteiger partial charge in [0.25, 0.3) is 11.5 Å². The van der Waals surface area contributed by atoms with Crippen LogP contribution in [0.2, 0.25) is 0 Å². The fraction of sp³-hybridized carbons (Fsp3) is 0.391. The Morgan fingerprint density at radius 3 is 2.59 bits per heavy atom. The van der Waals surface area contributed by atoms with Gasteiger partial charge in [-0.3, -0.25) is 19.4 Å². The molecule has 0 aliphatic carbocycles. The van der Waals surface area contributed by atoms with Gasteiger partial charge in [0.15, 0.2) is 0 Å². The van der Waals surface area contributed by atoms with Crippen molar-refractivity contribution in [2.45, 2.75) is 52.1 Å². The number of hydrogen-bond donors (Lipinski definition) is 2. The highest BCUT2D eigenvalue weighted by molar-refractivity contribution is 6.07. The lowest BCUT2D eigenvalue weighted by atomic mass is 10.0. The second kappa shape index (κ2) is 8.49. The maximum atomic E-state index is 13.2. The number of furan rings is 1. The van der Waals surface area contributed by atoms with E-state index in [1.54, 1.807) is 49.1 Å². The van der Waals surface area contributed by atoms with Gasteiger partial charge in [-0.05, 0) is 52.2 Å². The van der Waals surface area contributed by atoms with Gasteiger partial charge in [-0.15, -0.1) is 0 Å². The molecule has 9 nitrogen and oxygen atoms in total. The van der Waals surface area contributed by atoms with Crippen LogP contribution in [-0.2, 0) is 4.79 Å². The Kier molecular flexibility index (Phi) is 5.73. The van der Waals surface area contributed by atoms with E-state index in [0.717, 1.165) is 23.8 Å². The molecule has 0 saturated carbocycles. The van der Waals surface area contributed by atoms with Crippen molar-refractivity contribution in [1.29, 1.82) is 0 Å². The lowest BCUT2D eigenvalue weighted by molar-refractivity contribution is -0.136. The van der Waals surface area contributed by atoms with Gasteiger partial charge in [-0.25, -0.2) is 9.36 Å². The number of amides is 2. The summed E-state index contributed by atoms with van der Waals surface area (Å²) < 4.78 is 6.48. The van der Waals surface area contributed by atoms with Crippen molar-refractivity contribution in [3.8, 4) is 5.69 Å². The van der Waals surface area contributed by atoms with Gasteiger partial charge in [0, 0.05) is 12.6 Å². The molecule has 1 saturated heterocycles. The average molecular weight is 438 g/mol. The van der Waals surface area contributed by atoms with E-state index in [-0.39, 0.29) is 34.4 Å². The van der Waals surface area contributed by atoms with Crippen LogP contribution in [0.4, 0.5) is 0 Å². The number of carbonyl (C=O) groups is 2. The Balaban J connectivity index is 1.70. The number of nitrogens with one attached hydrogen (secondary N) is 2. The minimum absolute atomic E-state index is 0.0114. The molecule has 168 valence electrons. The van der Waals surface area contributed by atoms with Crippen molar-refractivity contribution in [2.75, 3.05) is 6.54 Å². The highest BCUT2D eigenvalue weighted by Crippen LogP contribution is 2.22. The van der Waals surface area contributed by atoms with E-state index in [0.29, 0.717) is 12.2 Å². The predicted octanol–water partition coefficient (Wildman–Crippen LogP) is 2.10. The van der Waals surface area contributed by atoms with E-state index in [2.05, 4.69) is 10.3 Å². The van der Waals surface area contributed by atoms with Crippen molar-refractivity contribution >= 4 is 22.9 Å². The molecule has 1 aromatic carbocycles. The molecule has 1 aliphatic rings. The minimum atomic E-state index is -0.772. The second-order valence-corrected chi connectivity index (χ2v) is 8.22. The first kappa shape index (κ1) is 21.6.